The second kappa shape index (κ2) is 7.83. The molecule has 0 aromatic heterocycles. The Hall–Kier alpha value is -2.46. The number of carbonyl (C=O) groups excluding carboxylic acids is 3. The first-order valence-electron chi connectivity index (χ1n) is 7.74. The number of hydrogen-bond acceptors (Lipinski definition) is 7. The standard InChI is InChI=1S/C16H20N2O7S/c1-9-4-6-10(7-5-9)26(22,23)18-13(16(21)25-3)11-8-12(15(20)24-2)17-14(11)19/h4-7,11-13,18H,8H2,1-3H3,(H,17,19)/t11-,12-,13?/m0/s1. The Balaban J connectivity index is 2.28. The summed E-state index contributed by atoms with van der Waals surface area (Å²) in [6.45, 7) is 1.80. The normalized spacial score (nSPS) is 21.0. The van der Waals surface area contributed by atoms with Crippen LogP contribution in [0.3, 0.4) is 0 Å². The number of carbonyl (C=O) groups is 3. The highest BCUT2D eigenvalue weighted by atomic mass is 32.2. The summed E-state index contributed by atoms with van der Waals surface area (Å²) in [5.41, 5.74) is 0.865. The minimum atomic E-state index is -4.08. The first kappa shape index (κ1) is 19.9. The van der Waals surface area contributed by atoms with Crippen molar-refractivity contribution >= 4 is 27.9 Å². The van der Waals surface area contributed by atoms with E-state index in [0.717, 1.165) is 12.7 Å². The molecule has 1 amide bonds. The molecule has 2 N–H and O–H groups in total. The lowest BCUT2D eigenvalue weighted by Crippen LogP contribution is -2.48. The lowest BCUT2D eigenvalue weighted by Gasteiger charge is -2.20. The predicted octanol–water partition coefficient (Wildman–Crippen LogP) is -0.507. The third-order valence-corrected chi connectivity index (χ3v) is 5.56. The van der Waals surface area contributed by atoms with Crippen LogP contribution in [0.4, 0.5) is 0 Å². The highest BCUT2D eigenvalue weighted by molar-refractivity contribution is 7.89. The number of nitrogens with one attached hydrogen (secondary N) is 2. The maximum absolute atomic E-state index is 12.6. The third-order valence-electron chi connectivity index (χ3n) is 4.10. The van der Waals surface area contributed by atoms with Crippen molar-refractivity contribution in [2.75, 3.05) is 14.2 Å². The lowest BCUT2D eigenvalue weighted by molar-refractivity contribution is -0.146. The number of hydrogen-bond donors (Lipinski definition) is 2. The molecule has 26 heavy (non-hydrogen) atoms. The smallest absolute Gasteiger partial charge is 0.328 e. The van der Waals surface area contributed by atoms with Crippen LogP contribution in [0.15, 0.2) is 29.2 Å². The molecule has 0 radical (unpaired) electrons. The van der Waals surface area contributed by atoms with Crippen molar-refractivity contribution < 1.29 is 32.3 Å². The van der Waals surface area contributed by atoms with Crippen LogP contribution >= 0.6 is 0 Å². The molecule has 0 saturated carbocycles. The maximum atomic E-state index is 12.6. The Kier molecular flexibility index (Phi) is 5.98. The molecule has 1 aromatic carbocycles. The first-order chi connectivity index (χ1) is 12.2. The van der Waals surface area contributed by atoms with Gasteiger partial charge < -0.3 is 14.8 Å². The summed E-state index contributed by atoms with van der Waals surface area (Å²) in [5.74, 6) is -3.34. The number of sulfonamides is 1. The van der Waals surface area contributed by atoms with Gasteiger partial charge in [0.2, 0.25) is 15.9 Å². The van der Waals surface area contributed by atoms with Gasteiger partial charge in [-0.15, -0.1) is 0 Å². The molecule has 1 fully saturated rings. The number of esters is 2. The Morgan fingerprint density at radius 3 is 2.35 bits per heavy atom. The SMILES string of the molecule is COC(=O)C(NS(=O)(=O)c1ccc(C)cc1)[C@@H]1C[C@@H](C(=O)OC)NC1=O. The largest absolute Gasteiger partial charge is 0.468 e. The zero-order chi connectivity index (χ0) is 19.5. The quantitative estimate of drug-likeness (QED) is 0.632. The second-order valence-corrected chi connectivity index (χ2v) is 7.58. The fourth-order valence-corrected chi connectivity index (χ4v) is 3.88. The topological polar surface area (TPSA) is 128 Å². The fourth-order valence-electron chi connectivity index (χ4n) is 2.66. The molecule has 1 heterocycles. The van der Waals surface area contributed by atoms with Gasteiger partial charge in [0.15, 0.2) is 0 Å². The van der Waals surface area contributed by atoms with Gasteiger partial charge in [0.1, 0.15) is 12.1 Å². The van der Waals surface area contributed by atoms with Crippen molar-refractivity contribution in [3.63, 3.8) is 0 Å². The van der Waals surface area contributed by atoms with E-state index in [-0.39, 0.29) is 11.3 Å². The molecule has 1 aromatic rings. The number of ether oxygens (including phenoxy) is 2. The van der Waals surface area contributed by atoms with E-state index in [0.29, 0.717) is 0 Å². The van der Waals surface area contributed by atoms with Gasteiger partial charge in [-0.3, -0.25) is 9.59 Å². The van der Waals surface area contributed by atoms with Crippen LogP contribution < -0.4 is 10.0 Å². The summed E-state index contributed by atoms with van der Waals surface area (Å²) >= 11 is 0. The van der Waals surface area contributed by atoms with E-state index in [9.17, 15) is 22.8 Å². The monoisotopic (exact) mass is 384 g/mol. The van der Waals surface area contributed by atoms with Crippen LogP contribution in [0, 0.1) is 12.8 Å². The molecule has 1 saturated heterocycles. The summed E-state index contributed by atoms with van der Waals surface area (Å²) in [6, 6.07) is 3.57. The van der Waals surface area contributed by atoms with Crippen LogP contribution in [-0.2, 0) is 33.9 Å². The number of aryl methyl sites for hydroxylation is 1. The summed E-state index contributed by atoms with van der Waals surface area (Å²) in [5, 5.41) is 2.39. The average Bonchev–Trinajstić information content (AvgIpc) is 3.00. The first-order valence-corrected chi connectivity index (χ1v) is 9.23. The molecule has 0 spiro atoms. The zero-order valence-electron chi connectivity index (χ0n) is 14.5. The van der Waals surface area contributed by atoms with Crippen molar-refractivity contribution in [1.82, 2.24) is 10.0 Å². The maximum Gasteiger partial charge on any atom is 0.328 e. The number of methoxy groups -OCH3 is 2. The third kappa shape index (κ3) is 4.20. The molecule has 142 valence electrons. The van der Waals surface area contributed by atoms with Gasteiger partial charge in [-0.25, -0.2) is 13.2 Å². The van der Waals surface area contributed by atoms with Crippen molar-refractivity contribution in [1.29, 1.82) is 0 Å². The van der Waals surface area contributed by atoms with Gasteiger partial charge in [-0.1, -0.05) is 17.7 Å². The summed E-state index contributed by atoms with van der Waals surface area (Å²) in [7, 11) is -1.83. The Morgan fingerprint density at radius 1 is 1.19 bits per heavy atom. The fraction of sp³-hybridized carbons (Fsp3) is 0.438. The highest BCUT2D eigenvalue weighted by Gasteiger charge is 2.45. The van der Waals surface area contributed by atoms with Crippen molar-refractivity contribution in [3.8, 4) is 0 Å². The van der Waals surface area contributed by atoms with Crippen molar-refractivity contribution in [2.24, 2.45) is 5.92 Å². The zero-order valence-corrected chi connectivity index (χ0v) is 15.3. The molecule has 9 nitrogen and oxygen atoms in total. The van der Waals surface area contributed by atoms with E-state index in [1.165, 1.54) is 19.2 Å². The minimum absolute atomic E-state index is 0.0556. The van der Waals surface area contributed by atoms with E-state index in [1.54, 1.807) is 19.1 Å². The van der Waals surface area contributed by atoms with Gasteiger partial charge in [0, 0.05) is 0 Å². The van der Waals surface area contributed by atoms with E-state index in [2.05, 4.69) is 19.5 Å². The molecular formula is C16H20N2O7S. The van der Waals surface area contributed by atoms with Crippen LogP contribution in [0.25, 0.3) is 0 Å². The summed E-state index contributed by atoms with van der Waals surface area (Å²) < 4.78 is 36.6. The van der Waals surface area contributed by atoms with E-state index in [1.807, 2.05) is 0 Å². The molecule has 1 aliphatic rings. The van der Waals surface area contributed by atoms with Crippen LogP contribution in [0.2, 0.25) is 0 Å². The summed E-state index contributed by atoms with van der Waals surface area (Å²) in [6.07, 6.45) is -0.0955. The van der Waals surface area contributed by atoms with Gasteiger partial charge in [0.25, 0.3) is 0 Å². The van der Waals surface area contributed by atoms with E-state index < -0.39 is 45.9 Å². The summed E-state index contributed by atoms with van der Waals surface area (Å²) in [4.78, 5) is 35.8. The Labute approximate surface area is 151 Å². The molecule has 2 rings (SSSR count). The Bertz CT molecular complexity index is 804. The number of amides is 1. The van der Waals surface area contributed by atoms with E-state index in [4.69, 9.17) is 0 Å². The molecule has 0 aliphatic carbocycles. The second-order valence-electron chi connectivity index (χ2n) is 5.86. The highest BCUT2D eigenvalue weighted by Crippen LogP contribution is 2.23. The molecule has 3 atom stereocenters. The molecule has 1 aliphatic heterocycles. The van der Waals surface area contributed by atoms with Crippen molar-refractivity contribution in [2.45, 2.75) is 30.3 Å². The van der Waals surface area contributed by atoms with Crippen LogP contribution in [0.5, 0.6) is 0 Å². The number of benzene rings is 1. The minimum Gasteiger partial charge on any atom is -0.468 e. The average molecular weight is 384 g/mol. The molecule has 1 unspecified atom stereocenters. The van der Waals surface area contributed by atoms with E-state index >= 15 is 0 Å². The molecule has 10 heteroatoms. The molecular weight excluding hydrogens is 364 g/mol. The predicted molar refractivity (Wildman–Crippen MR) is 89.4 cm³/mol. The van der Waals surface area contributed by atoms with Gasteiger partial charge in [-0.05, 0) is 25.5 Å². The van der Waals surface area contributed by atoms with Crippen LogP contribution in [0.1, 0.15) is 12.0 Å². The Morgan fingerprint density at radius 2 is 1.81 bits per heavy atom. The van der Waals surface area contributed by atoms with Gasteiger partial charge >= 0.3 is 11.9 Å². The number of rotatable bonds is 6. The lowest BCUT2D eigenvalue weighted by atomic mass is 9.97. The van der Waals surface area contributed by atoms with Gasteiger partial charge in [0.05, 0.1) is 25.0 Å². The van der Waals surface area contributed by atoms with Crippen LogP contribution in [-0.4, -0.2) is 52.6 Å². The molecule has 0 bridgehead atoms. The van der Waals surface area contributed by atoms with Crippen molar-refractivity contribution in [3.05, 3.63) is 29.8 Å². The van der Waals surface area contributed by atoms with Gasteiger partial charge in [-0.2, -0.15) is 4.72 Å².